The third kappa shape index (κ3) is 3.12. The summed E-state index contributed by atoms with van der Waals surface area (Å²) < 4.78 is 12.6. The predicted molar refractivity (Wildman–Crippen MR) is 93.1 cm³/mol. The summed E-state index contributed by atoms with van der Waals surface area (Å²) in [4.78, 5) is 14.7. The van der Waals surface area contributed by atoms with Crippen LogP contribution < -0.4 is 9.47 Å². The quantitative estimate of drug-likeness (QED) is 0.807. The van der Waals surface area contributed by atoms with Gasteiger partial charge in [0.05, 0.1) is 11.7 Å². The molecule has 6 heteroatoms. The zero-order valence-electron chi connectivity index (χ0n) is 14.2. The Balaban J connectivity index is 1.51. The van der Waals surface area contributed by atoms with E-state index in [4.69, 9.17) is 9.47 Å². The van der Waals surface area contributed by atoms with Crippen LogP contribution in [-0.2, 0) is 11.8 Å². The molecule has 2 aromatic rings. The van der Waals surface area contributed by atoms with Crippen molar-refractivity contribution in [3.8, 4) is 11.5 Å². The molecule has 1 atom stereocenters. The fraction of sp³-hybridized carbons (Fsp3) is 0.368. The smallest absolute Gasteiger partial charge is 0.247 e. The van der Waals surface area contributed by atoms with Crippen LogP contribution in [0.15, 0.2) is 36.5 Å². The molecule has 0 radical (unpaired) electrons. The van der Waals surface area contributed by atoms with E-state index < -0.39 is 0 Å². The fourth-order valence-electron chi connectivity index (χ4n) is 3.49. The van der Waals surface area contributed by atoms with Gasteiger partial charge in [-0.15, -0.1) is 0 Å². The second-order valence-corrected chi connectivity index (χ2v) is 6.37. The lowest BCUT2D eigenvalue weighted by Crippen LogP contribution is -2.38. The van der Waals surface area contributed by atoms with E-state index in [1.807, 2.05) is 47.0 Å². The molecule has 1 saturated heterocycles. The molecule has 0 N–H and O–H groups in total. The largest absolute Gasteiger partial charge is 0.454 e. The van der Waals surface area contributed by atoms with Crippen LogP contribution in [0.1, 0.15) is 36.6 Å². The molecule has 2 aliphatic heterocycles. The number of rotatable bonds is 3. The minimum absolute atomic E-state index is 0.0311. The van der Waals surface area contributed by atoms with Gasteiger partial charge in [-0.3, -0.25) is 9.48 Å². The topological polar surface area (TPSA) is 56.6 Å². The maximum Gasteiger partial charge on any atom is 0.247 e. The van der Waals surface area contributed by atoms with Crippen LogP contribution >= 0.6 is 0 Å². The molecule has 1 unspecified atom stereocenters. The lowest BCUT2D eigenvalue weighted by molar-refractivity contribution is -0.129. The fourth-order valence-corrected chi connectivity index (χ4v) is 3.49. The minimum atomic E-state index is 0.0311. The first kappa shape index (κ1) is 15.7. The highest BCUT2D eigenvalue weighted by Gasteiger charge is 2.28. The van der Waals surface area contributed by atoms with E-state index in [0.29, 0.717) is 0 Å². The monoisotopic (exact) mass is 339 g/mol. The maximum absolute atomic E-state index is 12.8. The van der Waals surface area contributed by atoms with Crippen LogP contribution in [0.25, 0.3) is 6.08 Å². The van der Waals surface area contributed by atoms with E-state index in [-0.39, 0.29) is 18.7 Å². The molecule has 1 amide bonds. The summed E-state index contributed by atoms with van der Waals surface area (Å²) in [7, 11) is 1.93. The van der Waals surface area contributed by atoms with Gasteiger partial charge in [0.15, 0.2) is 11.5 Å². The molecule has 1 fully saturated rings. The van der Waals surface area contributed by atoms with E-state index in [1.54, 1.807) is 12.3 Å². The molecule has 0 bridgehead atoms. The predicted octanol–water partition coefficient (Wildman–Crippen LogP) is 2.92. The van der Waals surface area contributed by atoms with Crippen LogP contribution in [0.2, 0.25) is 0 Å². The molecule has 3 heterocycles. The summed E-state index contributed by atoms with van der Waals surface area (Å²) in [6.07, 6.45) is 8.41. The van der Waals surface area contributed by atoms with Gasteiger partial charge in [0.2, 0.25) is 12.7 Å². The highest BCUT2D eigenvalue weighted by molar-refractivity contribution is 5.92. The van der Waals surface area contributed by atoms with Crippen LogP contribution in [0, 0.1) is 0 Å². The van der Waals surface area contributed by atoms with Crippen LogP contribution in [0.3, 0.4) is 0 Å². The van der Waals surface area contributed by atoms with Crippen molar-refractivity contribution in [1.82, 2.24) is 14.7 Å². The van der Waals surface area contributed by atoms with Crippen molar-refractivity contribution in [2.24, 2.45) is 7.05 Å². The van der Waals surface area contributed by atoms with Gasteiger partial charge >= 0.3 is 0 Å². The van der Waals surface area contributed by atoms with Crippen LogP contribution in [0.4, 0.5) is 0 Å². The molecule has 1 aromatic heterocycles. The van der Waals surface area contributed by atoms with Gasteiger partial charge in [-0.1, -0.05) is 6.07 Å². The lowest BCUT2D eigenvalue weighted by Gasteiger charge is -2.35. The summed E-state index contributed by atoms with van der Waals surface area (Å²) in [6, 6.07) is 7.77. The first-order valence-corrected chi connectivity index (χ1v) is 8.58. The number of carbonyl (C=O) groups is 1. The Bertz CT molecular complexity index is 812. The van der Waals surface area contributed by atoms with Crippen LogP contribution in [-0.4, -0.2) is 33.9 Å². The third-order valence-corrected chi connectivity index (χ3v) is 4.80. The van der Waals surface area contributed by atoms with E-state index >= 15 is 0 Å². The Morgan fingerprint density at radius 3 is 2.96 bits per heavy atom. The highest BCUT2D eigenvalue weighted by atomic mass is 16.7. The van der Waals surface area contributed by atoms with Gasteiger partial charge in [-0.25, -0.2) is 0 Å². The maximum atomic E-state index is 12.8. The van der Waals surface area contributed by atoms with Gasteiger partial charge in [-0.05, 0) is 49.1 Å². The van der Waals surface area contributed by atoms with Crippen molar-refractivity contribution in [3.05, 3.63) is 47.8 Å². The molecule has 6 nitrogen and oxygen atoms in total. The number of carbonyl (C=O) groups excluding carboxylic acids is 1. The Kier molecular flexibility index (Phi) is 4.17. The summed E-state index contributed by atoms with van der Waals surface area (Å²) in [5, 5.41) is 4.25. The Morgan fingerprint density at radius 1 is 1.24 bits per heavy atom. The number of aromatic nitrogens is 2. The number of hydrogen-bond acceptors (Lipinski definition) is 4. The van der Waals surface area contributed by atoms with Gasteiger partial charge in [-0.2, -0.15) is 5.10 Å². The van der Waals surface area contributed by atoms with Crippen molar-refractivity contribution in [2.45, 2.75) is 25.3 Å². The molecule has 4 rings (SSSR count). The van der Waals surface area contributed by atoms with Gasteiger partial charge in [0.1, 0.15) is 0 Å². The zero-order valence-corrected chi connectivity index (χ0v) is 14.2. The van der Waals surface area contributed by atoms with E-state index in [0.717, 1.165) is 48.6 Å². The average Bonchev–Trinajstić information content (AvgIpc) is 3.27. The number of hydrogen-bond donors (Lipinski definition) is 0. The molecule has 1 aromatic carbocycles. The molecular formula is C19H21N3O3. The SMILES string of the molecule is Cn1nccc1C1CCCCN1C(=O)/C=C/c1ccc2c(c1)OCO2. The summed E-state index contributed by atoms with van der Waals surface area (Å²) in [6.45, 7) is 1.03. The van der Waals surface area contributed by atoms with Crippen molar-refractivity contribution >= 4 is 12.0 Å². The summed E-state index contributed by atoms with van der Waals surface area (Å²) >= 11 is 0. The van der Waals surface area contributed by atoms with Crippen molar-refractivity contribution in [2.75, 3.05) is 13.3 Å². The van der Waals surface area contributed by atoms with Crippen molar-refractivity contribution in [3.63, 3.8) is 0 Å². The standard InChI is InChI=1S/C19H21N3O3/c1-21-15(9-10-20-21)16-4-2-3-11-22(16)19(23)8-6-14-5-7-17-18(12-14)25-13-24-17/h5-10,12,16H,2-4,11,13H2,1H3/b8-6+. The highest BCUT2D eigenvalue weighted by Crippen LogP contribution is 2.33. The van der Waals surface area contributed by atoms with Crippen molar-refractivity contribution in [1.29, 1.82) is 0 Å². The number of amides is 1. The number of nitrogens with zero attached hydrogens (tertiary/aromatic N) is 3. The number of benzene rings is 1. The summed E-state index contributed by atoms with van der Waals surface area (Å²) in [5.74, 6) is 1.50. The first-order chi connectivity index (χ1) is 12.2. The van der Waals surface area contributed by atoms with Crippen molar-refractivity contribution < 1.29 is 14.3 Å². The van der Waals surface area contributed by atoms with Gasteiger partial charge in [0, 0.05) is 25.9 Å². The minimum Gasteiger partial charge on any atom is -0.454 e. The Labute approximate surface area is 146 Å². The molecule has 0 saturated carbocycles. The number of fused-ring (bicyclic) bond motifs is 1. The molecule has 25 heavy (non-hydrogen) atoms. The number of likely N-dealkylation sites (tertiary alicyclic amines) is 1. The average molecular weight is 339 g/mol. The molecule has 2 aliphatic rings. The summed E-state index contributed by atoms with van der Waals surface area (Å²) in [5.41, 5.74) is 2.01. The molecular weight excluding hydrogens is 318 g/mol. The number of aryl methyl sites for hydroxylation is 1. The molecule has 130 valence electrons. The van der Waals surface area contributed by atoms with E-state index in [9.17, 15) is 4.79 Å². The van der Waals surface area contributed by atoms with Gasteiger partial charge in [0.25, 0.3) is 0 Å². The normalized spacial score (nSPS) is 19.6. The zero-order chi connectivity index (χ0) is 17.2. The van der Waals surface area contributed by atoms with E-state index in [1.165, 1.54) is 0 Å². The molecule has 0 aliphatic carbocycles. The second-order valence-electron chi connectivity index (χ2n) is 6.37. The first-order valence-electron chi connectivity index (χ1n) is 8.58. The molecule has 0 spiro atoms. The Morgan fingerprint density at radius 2 is 2.12 bits per heavy atom. The Hall–Kier alpha value is -2.76. The number of piperidine rings is 1. The van der Waals surface area contributed by atoms with E-state index in [2.05, 4.69) is 5.10 Å². The van der Waals surface area contributed by atoms with Gasteiger partial charge < -0.3 is 14.4 Å². The second kappa shape index (κ2) is 6.63. The van der Waals surface area contributed by atoms with Crippen LogP contribution in [0.5, 0.6) is 11.5 Å². The third-order valence-electron chi connectivity index (χ3n) is 4.80. The number of ether oxygens (including phenoxy) is 2. The lowest BCUT2D eigenvalue weighted by atomic mass is 9.99.